The molecule has 0 saturated carbocycles. The van der Waals surface area contributed by atoms with E-state index in [4.69, 9.17) is 15.0 Å². The first-order valence-electron chi connectivity index (χ1n) is 4.56. The lowest BCUT2D eigenvalue weighted by Crippen LogP contribution is -2.38. The number of ether oxygens (including phenoxy) is 3. The van der Waals surface area contributed by atoms with Crippen molar-refractivity contribution >= 4 is 18.0 Å². The van der Waals surface area contributed by atoms with E-state index in [9.17, 15) is 9.59 Å². The van der Waals surface area contributed by atoms with Gasteiger partial charge >= 0.3 is 12.2 Å². The maximum atomic E-state index is 11.4. The normalized spacial score (nSPS) is 26.9. The number of carbonyl (C=O) groups is 2. The van der Waals surface area contributed by atoms with Crippen molar-refractivity contribution in [3.05, 3.63) is 5.53 Å². The van der Waals surface area contributed by atoms with Gasteiger partial charge < -0.3 is 19.7 Å². The molecule has 7 heteroatoms. The zero-order valence-corrected chi connectivity index (χ0v) is 9.17. The van der Waals surface area contributed by atoms with E-state index in [0.29, 0.717) is 6.21 Å². The standard InChI is InChI=1S/C9H12N2O5/c1-9(2)15-6(5(12)4-11-10)7(16-9)8(13)14-3/h4,6-7H,1-3H3/t6-,7+/m0/s1. The van der Waals surface area contributed by atoms with Crippen molar-refractivity contribution in [2.75, 3.05) is 7.11 Å². The summed E-state index contributed by atoms with van der Waals surface area (Å²) in [4.78, 5) is 25.4. The molecule has 7 nitrogen and oxygen atoms in total. The van der Waals surface area contributed by atoms with Crippen LogP contribution in [0.2, 0.25) is 0 Å². The van der Waals surface area contributed by atoms with E-state index in [-0.39, 0.29) is 0 Å². The molecule has 1 heterocycles. The van der Waals surface area contributed by atoms with Crippen molar-refractivity contribution in [3.8, 4) is 0 Å². The van der Waals surface area contributed by atoms with Gasteiger partial charge in [0, 0.05) is 0 Å². The summed E-state index contributed by atoms with van der Waals surface area (Å²) in [6, 6.07) is 0. The van der Waals surface area contributed by atoms with E-state index < -0.39 is 29.7 Å². The molecule has 0 radical (unpaired) electrons. The molecule has 1 fully saturated rings. The van der Waals surface area contributed by atoms with Crippen LogP contribution < -0.4 is 0 Å². The lowest BCUT2D eigenvalue weighted by molar-refractivity contribution is -0.168. The van der Waals surface area contributed by atoms with Crippen LogP contribution in [0.15, 0.2) is 0 Å². The number of nitrogens with zero attached hydrogens (tertiary/aromatic N) is 2. The molecule has 88 valence electrons. The Balaban J connectivity index is 2.92. The van der Waals surface area contributed by atoms with E-state index in [1.165, 1.54) is 7.11 Å². The molecule has 0 aromatic heterocycles. The fourth-order valence-electron chi connectivity index (χ4n) is 1.39. The van der Waals surface area contributed by atoms with Crippen molar-refractivity contribution in [1.82, 2.24) is 0 Å². The molecule has 0 unspecified atom stereocenters. The number of hydrogen-bond donors (Lipinski definition) is 0. The van der Waals surface area contributed by atoms with Crippen LogP contribution in [-0.4, -0.2) is 47.9 Å². The third kappa shape index (κ3) is 2.52. The average molecular weight is 228 g/mol. The zero-order valence-electron chi connectivity index (χ0n) is 9.17. The molecule has 0 N–H and O–H groups in total. The van der Waals surface area contributed by atoms with Gasteiger partial charge in [0.05, 0.1) is 7.11 Å². The van der Waals surface area contributed by atoms with Gasteiger partial charge in [-0.25, -0.2) is 4.79 Å². The van der Waals surface area contributed by atoms with Gasteiger partial charge in [-0.3, -0.25) is 4.79 Å². The van der Waals surface area contributed by atoms with Crippen LogP contribution in [0.1, 0.15) is 13.8 Å². The van der Waals surface area contributed by atoms with Gasteiger partial charge in [0.2, 0.25) is 0 Å². The molecule has 0 aromatic rings. The van der Waals surface area contributed by atoms with E-state index in [1.807, 2.05) is 0 Å². The van der Waals surface area contributed by atoms with E-state index in [2.05, 4.69) is 9.53 Å². The van der Waals surface area contributed by atoms with Crippen molar-refractivity contribution in [2.24, 2.45) is 0 Å². The predicted molar refractivity (Wildman–Crippen MR) is 50.5 cm³/mol. The molecular formula is C9H12N2O5. The molecule has 0 aromatic carbocycles. The molecular weight excluding hydrogens is 216 g/mol. The van der Waals surface area contributed by atoms with Crippen molar-refractivity contribution in [3.63, 3.8) is 0 Å². The highest BCUT2D eigenvalue weighted by molar-refractivity contribution is 6.28. The molecule has 1 rings (SSSR count). The van der Waals surface area contributed by atoms with Crippen LogP contribution in [0.4, 0.5) is 0 Å². The molecule has 0 aliphatic carbocycles. The number of methoxy groups -OCH3 is 1. The summed E-state index contributed by atoms with van der Waals surface area (Å²) < 4.78 is 14.9. The lowest BCUT2D eigenvalue weighted by atomic mass is 10.1. The van der Waals surface area contributed by atoms with Gasteiger partial charge in [-0.1, -0.05) is 0 Å². The zero-order chi connectivity index (χ0) is 12.3. The van der Waals surface area contributed by atoms with E-state index in [0.717, 1.165) is 0 Å². The number of ketones is 1. The van der Waals surface area contributed by atoms with Crippen molar-refractivity contribution < 1.29 is 28.6 Å². The van der Waals surface area contributed by atoms with Crippen LogP contribution in [-0.2, 0) is 23.8 Å². The van der Waals surface area contributed by atoms with Crippen LogP contribution in [0, 0.1) is 0 Å². The molecule has 2 atom stereocenters. The van der Waals surface area contributed by atoms with Crippen LogP contribution in [0.5, 0.6) is 0 Å². The molecule has 0 amide bonds. The highest BCUT2D eigenvalue weighted by Gasteiger charge is 2.50. The van der Waals surface area contributed by atoms with Gasteiger partial charge in [-0.05, 0) is 13.8 Å². The number of esters is 1. The second-order valence-corrected chi connectivity index (χ2v) is 3.65. The molecule has 16 heavy (non-hydrogen) atoms. The van der Waals surface area contributed by atoms with Gasteiger partial charge in [0.15, 0.2) is 18.0 Å². The van der Waals surface area contributed by atoms with Gasteiger partial charge in [-0.15, -0.1) is 0 Å². The summed E-state index contributed by atoms with van der Waals surface area (Å²) in [7, 11) is 1.18. The molecule has 0 bridgehead atoms. The summed E-state index contributed by atoms with van der Waals surface area (Å²) >= 11 is 0. The quantitative estimate of drug-likeness (QED) is 0.282. The highest BCUT2D eigenvalue weighted by Crippen LogP contribution is 2.28. The summed E-state index contributed by atoms with van der Waals surface area (Å²) in [5.41, 5.74) is 8.25. The smallest absolute Gasteiger partial charge is 0.338 e. The summed E-state index contributed by atoms with van der Waals surface area (Å²) in [5.74, 6) is -2.44. The fraction of sp³-hybridized carbons (Fsp3) is 0.667. The SMILES string of the molecule is COC(=O)[C@@H]1OC(C)(C)O[C@H]1C(=O)C=[N+]=[N-]. The Morgan fingerprint density at radius 2 is 1.94 bits per heavy atom. The minimum Gasteiger partial charge on any atom is -0.467 e. The molecule has 1 aliphatic rings. The number of rotatable bonds is 3. The first kappa shape index (κ1) is 12.5. The minimum absolute atomic E-state index is 0.658. The lowest BCUT2D eigenvalue weighted by Gasteiger charge is -2.15. The Morgan fingerprint density at radius 3 is 2.44 bits per heavy atom. The van der Waals surface area contributed by atoms with Crippen molar-refractivity contribution in [1.29, 1.82) is 0 Å². The van der Waals surface area contributed by atoms with Gasteiger partial charge in [0.1, 0.15) is 0 Å². The topological polar surface area (TPSA) is 98.2 Å². The summed E-state index contributed by atoms with van der Waals surface area (Å²) in [6.45, 7) is 3.12. The van der Waals surface area contributed by atoms with Crippen molar-refractivity contribution in [2.45, 2.75) is 31.8 Å². The van der Waals surface area contributed by atoms with E-state index in [1.54, 1.807) is 13.8 Å². The first-order valence-corrected chi connectivity index (χ1v) is 4.56. The third-order valence-electron chi connectivity index (χ3n) is 2.00. The summed E-state index contributed by atoms with van der Waals surface area (Å²) in [5, 5.41) is 0. The largest absolute Gasteiger partial charge is 0.467 e. The molecule has 1 saturated heterocycles. The van der Waals surface area contributed by atoms with Crippen LogP contribution in [0.3, 0.4) is 0 Å². The van der Waals surface area contributed by atoms with Gasteiger partial charge in [-0.2, -0.15) is 4.79 Å². The highest BCUT2D eigenvalue weighted by atomic mass is 16.8. The second kappa shape index (κ2) is 4.52. The Morgan fingerprint density at radius 1 is 1.38 bits per heavy atom. The van der Waals surface area contributed by atoms with Crippen LogP contribution >= 0.6 is 0 Å². The fourth-order valence-corrected chi connectivity index (χ4v) is 1.39. The molecule has 1 aliphatic heterocycles. The number of carbonyl (C=O) groups excluding carboxylic acids is 2. The average Bonchev–Trinajstić information content (AvgIpc) is 2.54. The van der Waals surface area contributed by atoms with Gasteiger partial charge in [0.25, 0.3) is 5.78 Å². The Bertz CT molecular complexity index is 359. The number of Topliss-reactive ketones (excluding diaryl/α,β-unsaturated/α-hetero) is 1. The maximum Gasteiger partial charge on any atom is 0.338 e. The van der Waals surface area contributed by atoms with Crippen LogP contribution in [0.25, 0.3) is 5.53 Å². The second-order valence-electron chi connectivity index (χ2n) is 3.65. The maximum absolute atomic E-state index is 11.4. The molecule has 0 spiro atoms. The Hall–Kier alpha value is -1.56. The van der Waals surface area contributed by atoms with E-state index >= 15 is 0 Å². The summed E-state index contributed by atoms with van der Waals surface area (Å²) in [6.07, 6.45) is -1.64. The predicted octanol–water partition coefficient (Wildman–Crippen LogP) is -0.451. The monoisotopic (exact) mass is 228 g/mol. The minimum atomic E-state index is -1.15. The Kier molecular flexibility index (Phi) is 3.54. The Labute approximate surface area is 91.9 Å². The first-order chi connectivity index (χ1) is 7.41. The third-order valence-corrected chi connectivity index (χ3v) is 2.00. The number of hydrogen-bond acceptors (Lipinski definition) is 5.